The van der Waals surface area contributed by atoms with Crippen molar-refractivity contribution < 1.29 is 8.42 Å². The fourth-order valence-corrected chi connectivity index (χ4v) is 4.04. The topological polar surface area (TPSA) is 73.8 Å². The van der Waals surface area contributed by atoms with Crippen LogP contribution in [0.15, 0.2) is 4.99 Å². The largest absolute Gasteiger partial charge is 0.357 e. The molecular weight excluding hydrogens is 336 g/mol. The maximum atomic E-state index is 11.6. The van der Waals surface area contributed by atoms with Gasteiger partial charge in [-0.2, -0.15) is 0 Å². The Hall–Kier alpha value is -0.820. The molecule has 0 aromatic rings. The number of rotatable bonds is 10. The molecule has 1 unspecified atom stereocenters. The van der Waals surface area contributed by atoms with Gasteiger partial charge in [-0.05, 0) is 38.0 Å². The highest BCUT2D eigenvalue weighted by atomic mass is 32.2. The maximum Gasteiger partial charge on any atom is 0.211 e. The first-order chi connectivity index (χ1) is 11.9. The van der Waals surface area contributed by atoms with Gasteiger partial charge in [-0.3, -0.25) is 4.99 Å². The van der Waals surface area contributed by atoms with E-state index < -0.39 is 10.0 Å². The van der Waals surface area contributed by atoms with Crippen LogP contribution in [0.5, 0.6) is 0 Å². The first kappa shape index (κ1) is 22.2. The molecule has 1 aliphatic heterocycles. The average molecular weight is 375 g/mol. The summed E-state index contributed by atoms with van der Waals surface area (Å²) in [6, 6.07) is 0. The van der Waals surface area contributed by atoms with Gasteiger partial charge in [0.05, 0.1) is 6.26 Å². The Morgan fingerprint density at radius 2 is 1.88 bits per heavy atom. The van der Waals surface area contributed by atoms with Gasteiger partial charge in [-0.25, -0.2) is 12.7 Å². The Labute approximate surface area is 154 Å². The Bertz CT molecular complexity index is 485. The van der Waals surface area contributed by atoms with Crippen molar-refractivity contribution in [3.63, 3.8) is 0 Å². The Morgan fingerprint density at radius 3 is 2.40 bits per heavy atom. The minimum absolute atomic E-state index is 0.504. The highest BCUT2D eigenvalue weighted by molar-refractivity contribution is 7.88. The van der Waals surface area contributed by atoms with Crippen molar-refractivity contribution in [1.82, 2.24) is 14.9 Å². The van der Waals surface area contributed by atoms with Gasteiger partial charge >= 0.3 is 0 Å². The van der Waals surface area contributed by atoms with Crippen LogP contribution >= 0.6 is 0 Å². The smallest absolute Gasteiger partial charge is 0.211 e. The Kier molecular flexibility index (Phi) is 10.4. The molecule has 0 amide bonds. The summed E-state index contributed by atoms with van der Waals surface area (Å²) in [5, 5.41) is 6.77. The second-order valence-electron chi connectivity index (χ2n) is 7.12. The number of hydrogen-bond donors (Lipinski definition) is 2. The van der Waals surface area contributed by atoms with Crippen LogP contribution in [-0.4, -0.2) is 57.7 Å². The summed E-state index contributed by atoms with van der Waals surface area (Å²) < 4.78 is 24.7. The van der Waals surface area contributed by atoms with Gasteiger partial charge in [0, 0.05) is 32.7 Å². The van der Waals surface area contributed by atoms with Crippen molar-refractivity contribution in [3.8, 4) is 0 Å². The van der Waals surface area contributed by atoms with Gasteiger partial charge in [0.15, 0.2) is 5.96 Å². The fourth-order valence-electron chi connectivity index (χ4n) is 3.17. The van der Waals surface area contributed by atoms with Crippen molar-refractivity contribution in [3.05, 3.63) is 0 Å². The average Bonchev–Trinajstić information content (AvgIpc) is 2.59. The van der Waals surface area contributed by atoms with Crippen molar-refractivity contribution in [2.75, 3.05) is 39.0 Å². The van der Waals surface area contributed by atoms with Gasteiger partial charge in [-0.15, -0.1) is 0 Å². The number of hydrogen-bond acceptors (Lipinski definition) is 3. The van der Waals surface area contributed by atoms with E-state index in [1.807, 2.05) is 0 Å². The molecule has 0 aromatic carbocycles. The number of aliphatic imine (C=N–C) groups is 1. The van der Waals surface area contributed by atoms with Gasteiger partial charge in [0.2, 0.25) is 10.0 Å². The number of guanidine groups is 1. The van der Waals surface area contributed by atoms with Gasteiger partial charge < -0.3 is 10.6 Å². The SMILES string of the molecule is CCCCC(CC)CN=C(NCC)NCC1CCN(S(C)(=O)=O)CC1. The lowest BCUT2D eigenvalue weighted by Crippen LogP contribution is -2.44. The van der Waals surface area contributed by atoms with E-state index in [4.69, 9.17) is 4.99 Å². The van der Waals surface area contributed by atoms with E-state index in [1.54, 1.807) is 4.31 Å². The lowest BCUT2D eigenvalue weighted by molar-refractivity contribution is 0.274. The number of nitrogens with zero attached hydrogens (tertiary/aromatic N) is 2. The minimum Gasteiger partial charge on any atom is -0.357 e. The van der Waals surface area contributed by atoms with E-state index in [1.165, 1.54) is 31.9 Å². The van der Waals surface area contributed by atoms with Crippen LogP contribution in [-0.2, 0) is 10.0 Å². The van der Waals surface area contributed by atoms with E-state index in [2.05, 4.69) is 31.4 Å². The van der Waals surface area contributed by atoms with Gasteiger partial charge in [0.1, 0.15) is 0 Å². The molecule has 6 nitrogen and oxygen atoms in total. The standard InChI is InChI=1S/C18H38N4O2S/c1-5-8-9-16(6-2)14-20-18(19-7-3)21-15-17-10-12-22(13-11-17)25(4,23)24/h16-17H,5-15H2,1-4H3,(H2,19,20,21). The van der Waals surface area contributed by atoms with E-state index in [0.29, 0.717) is 24.9 Å². The lowest BCUT2D eigenvalue weighted by atomic mass is 9.98. The molecule has 0 saturated carbocycles. The maximum absolute atomic E-state index is 11.6. The molecule has 2 N–H and O–H groups in total. The van der Waals surface area contributed by atoms with Crippen LogP contribution < -0.4 is 10.6 Å². The number of sulfonamides is 1. The zero-order valence-electron chi connectivity index (χ0n) is 16.6. The lowest BCUT2D eigenvalue weighted by Gasteiger charge is -2.30. The third-order valence-corrected chi connectivity index (χ3v) is 6.30. The van der Waals surface area contributed by atoms with Crippen LogP contribution in [0.25, 0.3) is 0 Å². The first-order valence-electron chi connectivity index (χ1n) is 9.87. The Morgan fingerprint density at radius 1 is 1.20 bits per heavy atom. The van der Waals surface area contributed by atoms with Crippen molar-refractivity contribution in [2.24, 2.45) is 16.8 Å². The van der Waals surface area contributed by atoms with Crippen molar-refractivity contribution in [2.45, 2.75) is 59.3 Å². The summed E-state index contributed by atoms with van der Waals surface area (Å²) in [7, 11) is -3.04. The van der Waals surface area contributed by atoms with Crippen LogP contribution in [0.1, 0.15) is 59.3 Å². The second kappa shape index (κ2) is 11.7. The molecule has 0 spiro atoms. The van der Waals surface area contributed by atoms with E-state index >= 15 is 0 Å². The number of unbranched alkanes of at least 4 members (excludes halogenated alkanes) is 1. The molecule has 148 valence electrons. The molecule has 1 aliphatic rings. The quantitative estimate of drug-likeness (QED) is 0.455. The summed E-state index contributed by atoms with van der Waals surface area (Å²) in [6.45, 7) is 10.4. The normalized spacial score (nSPS) is 19.0. The molecule has 1 fully saturated rings. The summed E-state index contributed by atoms with van der Waals surface area (Å²) in [5.74, 6) is 2.06. The van der Waals surface area contributed by atoms with Crippen molar-refractivity contribution in [1.29, 1.82) is 0 Å². The summed E-state index contributed by atoms with van der Waals surface area (Å²) in [4.78, 5) is 4.76. The zero-order chi connectivity index (χ0) is 18.7. The molecule has 0 bridgehead atoms. The molecule has 7 heteroatoms. The van der Waals surface area contributed by atoms with Gasteiger partial charge in [0.25, 0.3) is 0 Å². The number of piperidine rings is 1. The highest BCUT2D eigenvalue weighted by Gasteiger charge is 2.24. The molecule has 1 heterocycles. The monoisotopic (exact) mass is 374 g/mol. The van der Waals surface area contributed by atoms with Crippen LogP contribution in [0.4, 0.5) is 0 Å². The van der Waals surface area contributed by atoms with Gasteiger partial charge in [-0.1, -0.05) is 33.1 Å². The molecule has 0 radical (unpaired) electrons. The predicted molar refractivity (Wildman–Crippen MR) is 106 cm³/mol. The van der Waals surface area contributed by atoms with Crippen LogP contribution in [0, 0.1) is 11.8 Å². The van der Waals surface area contributed by atoms with Crippen LogP contribution in [0.3, 0.4) is 0 Å². The number of nitrogens with one attached hydrogen (secondary N) is 2. The predicted octanol–water partition coefficient (Wildman–Crippen LogP) is 2.43. The summed E-state index contributed by atoms with van der Waals surface area (Å²) in [5.41, 5.74) is 0. The molecule has 25 heavy (non-hydrogen) atoms. The van der Waals surface area contributed by atoms with E-state index in [-0.39, 0.29) is 0 Å². The third-order valence-electron chi connectivity index (χ3n) is 5.00. The summed E-state index contributed by atoms with van der Waals surface area (Å²) >= 11 is 0. The molecule has 1 saturated heterocycles. The Balaban J connectivity index is 2.43. The molecular formula is C18H38N4O2S. The first-order valence-corrected chi connectivity index (χ1v) is 11.7. The summed E-state index contributed by atoms with van der Waals surface area (Å²) in [6.07, 6.45) is 8.06. The highest BCUT2D eigenvalue weighted by Crippen LogP contribution is 2.18. The van der Waals surface area contributed by atoms with Crippen LogP contribution in [0.2, 0.25) is 0 Å². The van der Waals surface area contributed by atoms with E-state index in [0.717, 1.165) is 38.4 Å². The third kappa shape index (κ3) is 8.90. The van der Waals surface area contributed by atoms with E-state index in [9.17, 15) is 8.42 Å². The second-order valence-corrected chi connectivity index (χ2v) is 9.10. The van der Waals surface area contributed by atoms with Crippen molar-refractivity contribution >= 4 is 16.0 Å². The minimum atomic E-state index is -3.04. The fraction of sp³-hybridized carbons (Fsp3) is 0.944. The molecule has 0 aromatic heterocycles. The molecule has 1 atom stereocenters. The molecule has 1 rings (SSSR count). The molecule has 0 aliphatic carbocycles. The zero-order valence-corrected chi connectivity index (χ0v) is 17.4.